The van der Waals surface area contributed by atoms with Crippen molar-refractivity contribution in [2.45, 2.75) is 19.9 Å². The molecule has 1 heterocycles. The second-order valence-electron chi connectivity index (χ2n) is 3.52. The molecule has 0 bridgehead atoms. The Morgan fingerprint density at radius 2 is 2.14 bits per heavy atom. The third kappa shape index (κ3) is 1.23. The molecule has 1 atom stereocenters. The third-order valence-electron chi connectivity index (χ3n) is 2.53. The fourth-order valence-electron chi connectivity index (χ4n) is 1.66. The largest absolute Gasteiger partial charge is 0.258 e. The van der Waals surface area contributed by atoms with Crippen molar-refractivity contribution in [1.82, 2.24) is 9.78 Å². The first-order chi connectivity index (χ1) is 6.74. The van der Waals surface area contributed by atoms with E-state index in [1.165, 1.54) is 10.9 Å². The van der Waals surface area contributed by atoms with Gasteiger partial charge in [0.2, 0.25) is 0 Å². The second-order valence-corrected chi connectivity index (χ2v) is 3.52. The highest BCUT2D eigenvalue weighted by Crippen LogP contribution is 2.21. The number of rotatable bonds is 2. The highest BCUT2D eigenvalue weighted by atomic mass is 15.3. The summed E-state index contributed by atoms with van der Waals surface area (Å²) < 4.78 is 2.01. The lowest BCUT2D eigenvalue weighted by atomic mass is 10.2. The summed E-state index contributed by atoms with van der Waals surface area (Å²) in [5, 5.41) is 5.73. The fraction of sp³-hybridized carbons (Fsp3) is 0.250. The Morgan fingerprint density at radius 3 is 2.86 bits per heavy atom. The van der Waals surface area contributed by atoms with Gasteiger partial charge in [-0.2, -0.15) is 5.10 Å². The lowest BCUT2D eigenvalue weighted by Crippen LogP contribution is -2.03. The van der Waals surface area contributed by atoms with Gasteiger partial charge in [0.25, 0.3) is 0 Å². The van der Waals surface area contributed by atoms with Crippen LogP contribution in [0.4, 0.5) is 0 Å². The number of nitrogens with zero attached hydrogens (tertiary/aromatic N) is 2. The van der Waals surface area contributed by atoms with Crippen molar-refractivity contribution < 1.29 is 0 Å². The summed E-state index contributed by atoms with van der Waals surface area (Å²) in [6.45, 7) is 7.92. The number of allylic oxidation sites excluding steroid dienone is 1. The van der Waals surface area contributed by atoms with Crippen molar-refractivity contribution in [1.29, 1.82) is 0 Å². The monoisotopic (exact) mass is 186 g/mol. The molecule has 0 aliphatic rings. The minimum atomic E-state index is 0.244. The summed E-state index contributed by atoms with van der Waals surface area (Å²) in [5.74, 6) is 0. The van der Waals surface area contributed by atoms with Gasteiger partial charge < -0.3 is 0 Å². The van der Waals surface area contributed by atoms with Gasteiger partial charge in [-0.3, -0.25) is 4.68 Å². The Bertz CT molecular complexity index is 468. The molecular weight excluding hydrogens is 172 g/mol. The lowest BCUT2D eigenvalue weighted by Gasteiger charge is -2.07. The molecule has 0 spiro atoms. The second kappa shape index (κ2) is 3.29. The lowest BCUT2D eigenvalue weighted by molar-refractivity contribution is 0.597. The average Bonchev–Trinajstić information content (AvgIpc) is 2.56. The number of hydrogen-bond acceptors (Lipinski definition) is 1. The van der Waals surface area contributed by atoms with E-state index in [2.05, 4.69) is 30.7 Å². The molecule has 1 unspecified atom stereocenters. The van der Waals surface area contributed by atoms with Gasteiger partial charge in [-0.15, -0.1) is 6.58 Å². The molecule has 0 radical (unpaired) electrons. The molecule has 2 aromatic rings. The number of fused-ring (bicyclic) bond motifs is 1. The molecule has 0 aliphatic heterocycles. The van der Waals surface area contributed by atoms with E-state index in [-0.39, 0.29) is 6.04 Å². The predicted molar refractivity (Wildman–Crippen MR) is 59.4 cm³/mol. The first kappa shape index (κ1) is 9.00. The third-order valence-corrected chi connectivity index (χ3v) is 2.53. The number of aryl methyl sites for hydroxylation is 1. The Labute approximate surface area is 83.9 Å². The number of benzene rings is 1. The van der Waals surface area contributed by atoms with Crippen LogP contribution in [0, 0.1) is 6.92 Å². The van der Waals surface area contributed by atoms with E-state index in [1.807, 2.05) is 29.8 Å². The van der Waals surface area contributed by atoms with Crippen LogP contribution in [0.2, 0.25) is 0 Å². The summed E-state index contributed by atoms with van der Waals surface area (Å²) in [7, 11) is 0. The molecule has 72 valence electrons. The number of aromatic nitrogens is 2. The Hall–Kier alpha value is -1.57. The molecule has 1 aromatic heterocycles. The van der Waals surface area contributed by atoms with Crippen molar-refractivity contribution >= 4 is 10.9 Å². The van der Waals surface area contributed by atoms with Crippen LogP contribution in [-0.4, -0.2) is 9.78 Å². The van der Waals surface area contributed by atoms with Gasteiger partial charge in [0, 0.05) is 5.39 Å². The summed E-state index contributed by atoms with van der Waals surface area (Å²) in [6.07, 6.45) is 1.90. The van der Waals surface area contributed by atoms with E-state index in [0.29, 0.717) is 0 Å². The maximum atomic E-state index is 4.51. The van der Waals surface area contributed by atoms with Gasteiger partial charge in [-0.1, -0.05) is 24.3 Å². The van der Waals surface area contributed by atoms with Gasteiger partial charge in [0.15, 0.2) is 0 Å². The maximum Gasteiger partial charge on any atom is 0.0692 e. The normalized spacial score (nSPS) is 13.0. The molecular formula is C12H14N2. The summed E-state index contributed by atoms with van der Waals surface area (Å²) in [6, 6.07) is 8.52. The standard InChI is InChI=1S/C12H14N2/c1-4-9(2)14-12-8-6-5-7-11(12)10(3)13-14/h4-9H,1H2,2-3H3. The van der Waals surface area contributed by atoms with Crippen LogP contribution in [0.25, 0.3) is 10.9 Å². The molecule has 0 aliphatic carbocycles. The predicted octanol–water partition coefficient (Wildman–Crippen LogP) is 3.09. The zero-order valence-corrected chi connectivity index (χ0v) is 8.57. The molecule has 0 fully saturated rings. The zero-order valence-electron chi connectivity index (χ0n) is 8.57. The smallest absolute Gasteiger partial charge is 0.0692 e. The molecule has 0 saturated carbocycles. The van der Waals surface area contributed by atoms with Crippen LogP contribution in [0.5, 0.6) is 0 Å². The van der Waals surface area contributed by atoms with Crippen molar-refractivity contribution in [3.05, 3.63) is 42.6 Å². The Morgan fingerprint density at radius 1 is 1.43 bits per heavy atom. The van der Waals surface area contributed by atoms with Gasteiger partial charge >= 0.3 is 0 Å². The molecule has 0 saturated heterocycles. The maximum absolute atomic E-state index is 4.51. The molecule has 2 nitrogen and oxygen atoms in total. The molecule has 2 heteroatoms. The zero-order chi connectivity index (χ0) is 10.1. The van der Waals surface area contributed by atoms with Crippen molar-refractivity contribution in [3.8, 4) is 0 Å². The minimum absolute atomic E-state index is 0.244. The molecule has 14 heavy (non-hydrogen) atoms. The van der Waals surface area contributed by atoms with Crippen LogP contribution in [-0.2, 0) is 0 Å². The van der Waals surface area contributed by atoms with Crippen molar-refractivity contribution in [3.63, 3.8) is 0 Å². The SMILES string of the molecule is C=CC(C)n1nc(C)c2ccccc21. The molecule has 2 rings (SSSR count). The van der Waals surface area contributed by atoms with E-state index in [1.54, 1.807) is 0 Å². The van der Waals surface area contributed by atoms with Crippen molar-refractivity contribution in [2.75, 3.05) is 0 Å². The van der Waals surface area contributed by atoms with Crippen LogP contribution in [0.3, 0.4) is 0 Å². The van der Waals surface area contributed by atoms with E-state index in [0.717, 1.165) is 5.69 Å². The molecule has 0 amide bonds. The van der Waals surface area contributed by atoms with E-state index >= 15 is 0 Å². The Kier molecular flexibility index (Phi) is 2.12. The highest BCUT2D eigenvalue weighted by molar-refractivity contribution is 5.81. The van der Waals surface area contributed by atoms with Gasteiger partial charge in [0.05, 0.1) is 17.3 Å². The minimum Gasteiger partial charge on any atom is -0.258 e. The van der Waals surface area contributed by atoms with Crippen LogP contribution < -0.4 is 0 Å². The molecule has 1 aromatic carbocycles. The fourth-order valence-corrected chi connectivity index (χ4v) is 1.66. The average molecular weight is 186 g/mol. The van der Waals surface area contributed by atoms with E-state index < -0.39 is 0 Å². The first-order valence-electron chi connectivity index (χ1n) is 4.80. The van der Waals surface area contributed by atoms with Gasteiger partial charge in [-0.05, 0) is 19.9 Å². The van der Waals surface area contributed by atoms with Gasteiger partial charge in [0.1, 0.15) is 0 Å². The summed E-state index contributed by atoms with van der Waals surface area (Å²) in [4.78, 5) is 0. The van der Waals surface area contributed by atoms with Crippen molar-refractivity contribution in [2.24, 2.45) is 0 Å². The van der Waals surface area contributed by atoms with Crippen LogP contribution in [0.1, 0.15) is 18.7 Å². The topological polar surface area (TPSA) is 17.8 Å². The highest BCUT2D eigenvalue weighted by Gasteiger charge is 2.08. The summed E-state index contributed by atoms with van der Waals surface area (Å²) >= 11 is 0. The number of para-hydroxylation sites is 1. The first-order valence-corrected chi connectivity index (χ1v) is 4.80. The summed E-state index contributed by atoms with van der Waals surface area (Å²) in [5.41, 5.74) is 2.26. The van der Waals surface area contributed by atoms with Gasteiger partial charge in [-0.25, -0.2) is 0 Å². The van der Waals surface area contributed by atoms with E-state index in [4.69, 9.17) is 0 Å². The Balaban J connectivity index is 2.72. The van der Waals surface area contributed by atoms with Crippen LogP contribution in [0.15, 0.2) is 36.9 Å². The molecule has 0 N–H and O–H groups in total. The number of hydrogen-bond donors (Lipinski definition) is 0. The quantitative estimate of drug-likeness (QED) is 0.659. The van der Waals surface area contributed by atoms with Crippen LogP contribution >= 0.6 is 0 Å². The van der Waals surface area contributed by atoms with E-state index in [9.17, 15) is 0 Å².